The number of benzene rings is 2. The van der Waals surface area contributed by atoms with Gasteiger partial charge in [0.15, 0.2) is 0 Å². The Kier molecular flexibility index (Phi) is 4.20. The Morgan fingerprint density at radius 2 is 1.79 bits per heavy atom. The van der Waals surface area contributed by atoms with E-state index in [0.29, 0.717) is 13.0 Å². The number of nitrogens with zero attached hydrogens (tertiary/aromatic N) is 2. The first-order valence-electron chi connectivity index (χ1n) is 7.66. The predicted octanol–water partition coefficient (Wildman–Crippen LogP) is 1.99. The van der Waals surface area contributed by atoms with Crippen molar-refractivity contribution in [3.8, 4) is 0 Å². The summed E-state index contributed by atoms with van der Waals surface area (Å²) in [5.41, 5.74) is 2.67. The van der Waals surface area contributed by atoms with Gasteiger partial charge in [-0.25, -0.2) is 9.18 Å². The minimum atomic E-state index is -0.532. The highest BCUT2D eigenvalue weighted by Crippen LogP contribution is 2.14. The summed E-state index contributed by atoms with van der Waals surface area (Å²) in [5.74, 6) is -0.961. The fourth-order valence-corrected chi connectivity index (χ4v) is 2.77. The largest absolute Gasteiger partial charge is 0.352 e. The van der Waals surface area contributed by atoms with Crippen LogP contribution in [-0.4, -0.2) is 21.6 Å². The van der Waals surface area contributed by atoms with E-state index in [1.54, 1.807) is 35.4 Å². The summed E-state index contributed by atoms with van der Waals surface area (Å²) in [6.07, 6.45) is 0.596. The summed E-state index contributed by atoms with van der Waals surface area (Å²) >= 11 is 0. The number of nitrogens with one attached hydrogen (secondary N) is 1. The second-order valence-corrected chi connectivity index (χ2v) is 5.71. The van der Waals surface area contributed by atoms with Gasteiger partial charge in [-0.05, 0) is 36.2 Å². The van der Waals surface area contributed by atoms with Crippen molar-refractivity contribution < 1.29 is 9.18 Å². The van der Waals surface area contributed by atoms with Gasteiger partial charge < -0.3 is 5.32 Å². The van der Waals surface area contributed by atoms with Crippen molar-refractivity contribution in [3.05, 3.63) is 69.9 Å². The molecule has 0 aliphatic heterocycles. The number of rotatable bonds is 4. The Morgan fingerprint density at radius 3 is 2.54 bits per heavy atom. The highest BCUT2D eigenvalue weighted by molar-refractivity contribution is 5.94. The summed E-state index contributed by atoms with van der Waals surface area (Å²) in [7, 11) is 3.47. The van der Waals surface area contributed by atoms with Gasteiger partial charge >= 0.3 is 5.69 Å². The molecule has 0 fully saturated rings. The summed E-state index contributed by atoms with van der Waals surface area (Å²) in [6, 6.07) is 11.6. The number of amides is 1. The molecule has 5 nitrogen and oxygen atoms in total. The molecule has 0 spiro atoms. The van der Waals surface area contributed by atoms with E-state index < -0.39 is 11.7 Å². The molecule has 6 heteroatoms. The van der Waals surface area contributed by atoms with E-state index in [0.717, 1.165) is 16.6 Å². The summed E-state index contributed by atoms with van der Waals surface area (Å²) in [6.45, 7) is 0.388. The Morgan fingerprint density at radius 1 is 1.08 bits per heavy atom. The van der Waals surface area contributed by atoms with Gasteiger partial charge in [0.05, 0.1) is 16.6 Å². The zero-order valence-electron chi connectivity index (χ0n) is 13.5. The average Bonchev–Trinajstić information content (AvgIpc) is 2.79. The molecule has 2 aromatic carbocycles. The van der Waals surface area contributed by atoms with Crippen molar-refractivity contribution in [2.24, 2.45) is 14.1 Å². The Hall–Kier alpha value is -2.89. The zero-order valence-corrected chi connectivity index (χ0v) is 13.5. The van der Waals surface area contributed by atoms with Gasteiger partial charge in [-0.1, -0.05) is 18.2 Å². The van der Waals surface area contributed by atoms with E-state index >= 15 is 0 Å². The number of fused-ring (bicyclic) bond motifs is 1. The van der Waals surface area contributed by atoms with E-state index in [4.69, 9.17) is 0 Å². The molecule has 0 aliphatic rings. The van der Waals surface area contributed by atoms with Crippen LogP contribution in [0.5, 0.6) is 0 Å². The minimum Gasteiger partial charge on any atom is -0.352 e. The number of carbonyl (C=O) groups excluding carboxylic acids is 1. The molecule has 1 aromatic heterocycles. The molecular formula is C18H18FN3O2. The van der Waals surface area contributed by atoms with E-state index in [1.807, 2.05) is 18.2 Å². The van der Waals surface area contributed by atoms with Gasteiger partial charge in [-0.15, -0.1) is 0 Å². The third-order valence-electron chi connectivity index (χ3n) is 4.15. The number of halogens is 1. The Labute approximate surface area is 138 Å². The van der Waals surface area contributed by atoms with Crippen LogP contribution in [0.2, 0.25) is 0 Å². The molecule has 0 radical (unpaired) electrons. The number of hydrogen-bond acceptors (Lipinski definition) is 2. The number of aromatic nitrogens is 2. The van der Waals surface area contributed by atoms with E-state index in [-0.39, 0.29) is 11.3 Å². The topological polar surface area (TPSA) is 56.0 Å². The third kappa shape index (κ3) is 2.82. The average molecular weight is 327 g/mol. The highest BCUT2D eigenvalue weighted by atomic mass is 19.1. The van der Waals surface area contributed by atoms with Crippen LogP contribution in [0.15, 0.2) is 47.3 Å². The molecule has 0 saturated heterocycles. The maximum Gasteiger partial charge on any atom is 0.328 e. The lowest BCUT2D eigenvalue weighted by atomic mass is 10.1. The lowest BCUT2D eigenvalue weighted by molar-refractivity contribution is 0.0950. The molecule has 0 bridgehead atoms. The second kappa shape index (κ2) is 6.31. The van der Waals surface area contributed by atoms with Gasteiger partial charge in [0, 0.05) is 20.6 Å². The molecule has 1 N–H and O–H groups in total. The molecule has 0 saturated carbocycles. The van der Waals surface area contributed by atoms with Crippen molar-refractivity contribution in [1.82, 2.24) is 14.5 Å². The number of aryl methyl sites for hydroxylation is 2. The molecular weight excluding hydrogens is 309 g/mol. The van der Waals surface area contributed by atoms with Crippen LogP contribution in [0.4, 0.5) is 4.39 Å². The van der Waals surface area contributed by atoms with Crippen LogP contribution < -0.4 is 11.0 Å². The monoisotopic (exact) mass is 327 g/mol. The van der Waals surface area contributed by atoms with Gasteiger partial charge in [0.1, 0.15) is 5.82 Å². The van der Waals surface area contributed by atoms with Crippen LogP contribution in [0.1, 0.15) is 15.9 Å². The molecule has 0 unspecified atom stereocenters. The summed E-state index contributed by atoms with van der Waals surface area (Å²) < 4.78 is 16.7. The van der Waals surface area contributed by atoms with Gasteiger partial charge in [-0.2, -0.15) is 0 Å². The Balaban J connectivity index is 1.70. The van der Waals surface area contributed by atoms with Gasteiger partial charge in [0.2, 0.25) is 0 Å². The summed E-state index contributed by atoms with van der Waals surface area (Å²) in [4.78, 5) is 23.9. The van der Waals surface area contributed by atoms with E-state index in [1.165, 1.54) is 12.1 Å². The maximum absolute atomic E-state index is 13.6. The second-order valence-electron chi connectivity index (χ2n) is 5.71. The molecule has 0 atom stereocenters. The SMILES string of the molecule is Cn1c(=O)n(C)c2cc(CCNC(=O)c3ccccc3F)ccc21. The standard InChI is InChI=1S/C18H18FN3O2/c1-21-15-8-7-12(11-16(15)22(2)18(21)24)9-10-20-17(23)13-5-3-4-6-14(13)19/h3-8,11H,9-10H2,1-2H3,(H,20,23). The predicted molar refractivity (Wildman–Crippen MR) is 90.6 cm³/mol. The fourth-order valence-electron chi connectivity index (χ4n) is 2.77. The number of imidazole rings is 1. The fraction of sp³-hybridized carbons (Fsp3) is 0.222. The molecule has 3 aromatic rings. The normalized spacial score (nSPS) is 11.0. The minimum absolute atomic E-state index is 0.0402. The van der Waals surface area contributed by atoms with Crippen molar-refractivity contribution in [2.75, 3.05) is 6.54 Å². The summed E-state index contributed by atoms with van der Waals surface area (Å²) in [5, 5.41) is 2.71. The Bertz CT molecular complexity index is 972. The molecule has 3 rings (SSSR count). The van der Waals surface area contributed by atoms with Crippen LogP contribution in [0.25, 0.3) is 11.0 Å². The van der Waals surface area contributed by atoms with Crippen molar-refractivity contribution >= 4 is 16.9 Å². The van der Waals surface area contributed by atoms with Crippen LogP contribution >= 0.6 is 0 Å². The highest BCUT2D eigenvalue weighted by Gasteiger charge is 2.11. The lowest BCUT2D eigenvalue weighted by Crippen LogP contribution is -2.26. The molecule has 0 aliphatic carbocycles. The first-order chi connectivity index (χ1) is 11.5. The number of carbonyl (C=O) groups is 1. The zero-order chi connectivity index (χ0) is 17.3. The quantitative estimate of drug-likeness (QED) is 0.797. The van der Waals surface area contributed by atoms with E-state index in [2.05, 4.69) is 5.32 Å². The van der Waals surface area contributed by atoms with Crippen molar-refractivity contribution in [1.29, 1.82) is 0 Å². The van der Waals surface area contributed by atoms with Crippen LogP contribution in [0.3, 0.4) is 0 Å². The van der Waals surface area contributed by atoms with Gasteiger partial charge in [-0.3, -0.25) is 13.9 Å². The number of hydrogen-bond donors (Lipinski definition) is 1. The third-order valence-corrected chi connectivity index (χ3v) is 4.15. The molecule has 1 heterocycles. The van der Waals surface area contributed by atoms with Crippen molar-refractivity contribution in [2.45, 2.75) is 6.42 Å². The van der Waals surface area contributed by atoms with Gasteiger partial charge in [0.25, 0.3) is 5.91 Å². The van der Waals surface area contributed by atoms with Crippen LogP contribution in [-0.2, 0) is 20.5 Å². The maximum atomic E-state index is 13.6. The first kappa shape index (κ1) is 16.0. The van der Waals surface area contributed by atoms with E-state index in [9.17, 15) is 14.0 Å². The van der Waals surface area contributed by atoms with Crippen molar-refractivity contribution in [3.63, 3.8) is 0 Å². The first-order valence-corrected chi connectivity index (χ1v) is 7.66. The molecule has 24 heavy (non-hydrogen) atoms. The smallest absolute Gasteiger partial charge is 0.328 e. The molecule has 124 valence electrons. The lowest BCUT2D eigenvalue weighted by Gasteiger charge is -2.07. The van der Waals surface area contributed by atoms with Crippen LogP contribution in [0, 0.1) is 5.82 Å². The molecule has 1 amide bonds.